The van der Waals surface area contributed by atoms with Gasteiger partial charge < -0.3 is 15.1 Å². The first-order chi connectivity index (χ1) is 17.6. The van der Waals surface area contributed by atoms with Gasteiger partial charge in [-0.15, -0.1) is 0 Å². The molecule has 1 amide bonds. The minimum absolute atomic E-state index is 0.0176. The maximum atomic E-state index is 12.7. The Morgan fingerprint density at radius 1 is 1.00 bits per heavy atom. The Balaban J connectivity index is 1.32. The molecule has 4 rings (SSSR count). The number of nitrogens with one attached hydrogen (secondary N) is 2. The van der Waals surface area contributed by atoms with Crippen molar-refractivity contribution in [3.05, 3.63) is 60.2 Å². The highest BCUT2D eigenvalue weighted by atomic mass is 16.1. The molecule has 1 saturated heterocycles. The van der Waals surface area contributed by atoms with Gasteiger partial charge >= 0.3 is 0 Å². The first-order valence-electron chi connectivity index (χ1n) is 13.6. The van der Waals surface area contributed by atoms with Crippen molar-refractivity contribution in [1.82, 2.24) is 20.4 Å². The van der Waals surface area contributed by atoms with Gasteiger partial charge in [-0.3, -0.25) is 9.89 Å². The van der Waals surface area contributed by atoms with Crippen molar-refractivity contribution in [1.29, 1.82) is 0 Å². The van der Waals surface area contributed by atoms with Crippen LogP contribution in [-0.4, -0.2) is 59.8 Å². The fourth-order valence-corrected chi connectivity index (χ4v) is 4.95. The average molecular weight is 488 g/mol. The highest BCUT2D eigenvalue weighted by Gasteiger charge is 2.13. The van der Waals surface area contributed by atoms with E-state index in [-0.39, 0.29) is 11.9 Å². The molecule has 6 heteroatoms. The quantitative estimate of drug-likeness (QED) is 0.349. The van der Waals surface area contributed by atoms with E-state index in [0.29, 0.717) is 5.56 Å². The highest BCUT2D eigenvalue weighted by molar-refractivity contribution is 5.94. The summed E-state index contributed by atoms with van der Waals surface area (Å²) in [4.78, 5) is 17.6. The van der Waals surface area contributed by atoms with Crippen molar-refractivity contribution in [3.63, 3.8) is 0 Å². The van der Waals surface area contributed by atoms with Gasteiger partial charge in [0, 0.05) is 35.9 Å². The van der Waals surface area contributed by atoms with Gasteiger partial charge in [0.05, 0.1) is 11.4 Å². The van der Waals surface area contributed by atoms with Crippen molar-refractivity contribution >= 4 is 11.6 Å². The van der Waals surface area contributed by atoms with Crippen molar-refractivity contribution in [2.24, 2.45) is 0 Å². The van der Waals surface area contributed by atoms with Crippen LogP contribution >= 0.6 is 0 Å². The SMILES string of the molecule is CCN(CC)CCC[C@H](C)NC(=O)c1ccc(-c2cc(-c3ccc(N4CCCCC4)cc3)n[nH]2)cc1. The zero-order valence-electron chi connectivity index (χ0n) is 22.1. The Bertz CT molecular complexity index is 1080. The Labute approximate surface area is 216 Å². The van der Waals surface area contributed by atoms with Crippen LogP contribution in [0.4, 0.5) is 5.69 Å². The number of anilines is 1. The van der Waals surface area contributed by atoms with E-state index < -0.39 is 0 Å². The van der Waals surface area contributed by atoms with E-state index in [1.165, 1.54) is 24.9 Å². The maximum Gasteiger partial charge on any atom is 0.251 e. The molecule has 0 aliphatic carbocycles. The second-order valence-corrected chi connectivity index (χ2v) is 9.88. The molecule has 2 heterocycles. The van der Waals surface area contributed by atoms with Crippen LogP contribution in [0.1, 0.15) is 63.2 Å². The molecule has 1 aliphatic heterocycles. The van der Waals surface area contributed by atoms with Gasteiger partial charge in [0.2, 0.25) is 0 Å². The van der Waals surface area contributed by atoms with Gasteiger partial charge in [-0.05, 0) is 94.6 Å². The number of amides is 1. The van der Waals surface area contributed by atoms with Crippen molar-refractivity contribution < 1.29 is 4.79 Å². The minimum Gasteiger partial charge on any atom is -0.372 e. The lowest BCUT2D eigenvalue weighted by Gasteiger charge is -2.28. The average Bonchev–Trinajstić information content (AvgIpc) is 3.42. The first-order valence-corrected chi connectivity index (χ1v) is 13.6. The lowest BCUT2D eigenvalue weighted by atomic mass is 10.1. The predicted molar refractivity (Wildman–Crippen MR) is 149 cm³/mol. The predicted octanol–water partition coefficient (Wildman–Crippen LogP) is 5.97. The number of H-pyrrole nitrogens is 1. The lowest BCUT2D eigenvalue weighted by Crippen LogP contribution is -2.33. The van der Waals surface area contributed by atoms with Crippen LogP contribution in [0.5, 0.6) is 0 Å². The molecular formula is C30H41N5O. The van der Waals surface area contributed by atoms with Gasteiger partial charge in [0.1, 0.15) is 0 Å². The van der Waals surface area contributed by atoms with Crippen LogP contribution in [0.2, 0.25) is 0 Å². The van der Waals surface area contributed by atoms with Gasteiger partial charge in [0.25, 0.3) is 5.91 Å². The number of nitrogens with zero attached hydrogens (tertiary/aromatic N) is 3. The number of aromatic amines is 1. The number of carbonyl (C=O) groups is 1. The second kappa shape index (κ2) is 12.7. The summed E-state index contributed by atoms with van der Waals surface area (Å²) in [5.74, 6) is -0.0176. The molecule has 2 aromatic carbocycles. The van der Waals surface area contributed by atoms with E-state index in [1.807, 2.05) is 24.3 Å². The zero-order chi connectivity index (χ0) is 25.3. The number of hydrogen-bond acceptors (Lipinski definition) is 4. The normalized spacial score (nSPS) is 14.7. The molecule has 2 N–H and O–H groups in total. The molecule has 192 valence electrons. The molecule has 0 radical (unpaired) electrons. The first kappa shape index (κ1) is 26.0. The van der Waals surface area contributed by atoms with E-state index in [1.54, 1.807) is 0 Å². The van der Waals surface area contributed by atoms with E-state index in [0.717, 1.165) is 68.1 Å². The molecule has 36 heavy (non-hydrogen) atoms. The van der Waals surface area contributed by atoms with E-state index in [9.17, 15) is 4.79 Å². The molecule has 0 spiro atoms. The summed E-state index contributed by atoms with van der Waals surface area (Å²) in [6, 6.07) is 18.7. The van der Waals surface area contributed by atoms with Crippen LogP contribution in [0.3, 0.4) is 0 Å². The Morgan fingerprint density at radius 2 is 1.67 bits per heavy atom. The lowest BCUT2D eigenvalue weighted by molar-refractivity contribution is 0.0937. The number of benzene rings is 2. The number of piperidine rings is 1. The molecule has 6 nitrogen and oxygen atoms in total. The molecule has 1 aliphatic rings. The number of aromatic nitrogens is 2. The highest BCUT2D eigenvalue weighted by Crippen LogP contribution is 2.27. The molecule has 0 bridgehead atoms. The standard InChI is InChI=1S/C30H41N5O/c1-4-34(5-2)19-9-10-23(3)31-30(36)26-13-11-24(12-14-26)28-22-29(33-32-28)25-15-17-27(18-16-25)35-20-7-6-8-21-35/h11-18,22-23H,4-10,19-21H2,1-3H3,(H,31,36)(H,32,33)/t23-/m0/s1. The Kier molecular flexibility index (Phi) is 9.17. The van der Waals surface area contributed by atoms with Crippen LogP contribution in [0.25, 0.3) is 22.5 Å². The van der Waals surface area contributed by atoms with E-state index in [4.69, 9.17) is 0 Å². The Morgan fingerprint density at radius 3 is 2.33 bits per heavy atom. The summed E-state index contributed by atoms with van der Waals surface area (Å²) in [6.45, 7) is 12.0. The minimum atomic E-state index is -0.0176. The number of rotatable bonds is 11. The van der Waals surface area contributed by atoms with Crippen molar-refractivity contribution in [2.75, 3.05) is 37.6 Å². The second-order valence-electron chi connectivity index (χ2n) is 9.88. The number of carbonyl (C=O) groups excluding carboxylic acids is 1. The third kappa shape index (κ3) is 6.76. The maximum absolute atomic E-state index is 12.7. The monoisotopic (exact) mass is 487 g/mol. The summed E-state index contributed by atoms with van der Waals surface area (Å²) in [5, 5.41) is 10.8. The van der Waals surface area contributed by atoms with Crippen LogP contribution in [0, 0.1) is 0 Å². The molecule has 1 fully saturated rings. The summed E-state index contributed by atoms with van der Waals surface area (Å²) in [5.41, 5.74) is 5.97. The third-order valence-corrected chi connectivity index (χ3v) is 7.30. The summed E-state index contributed by atoms with van der Waals surface area (Å²) in [7, 11) is 0. The fourth-order valence-electron chi connectivity index (χ4n) is 4.95. The van der Waals surface area contributed by atoms with Crippen LogP contribution < -0.4 is 10.2 Å². The molecule has 1 aromatic heterocycles. The topological polar surface area (TPSA) is 64.3 Å². The molecule has 1 atom stereocenters. The van der Waals surface area contributed by atoms with Crippen LogP contribution in [-0.2, 0) is 0 Å². The van der Waals surface area contributed by atoms with Crippen molar-refractivity contribution in [2.45, 2.75) is 58.9 Å². The van der Waals surface area contributed by atoms with Crippen molar-refractivity contribution in [3.8, 4) is 22.5 Å². The third-order valence-electron chi connectivity index (χ3n) is 7.30. The van der Waals surface area contributed by atoms with Gasteiger partial charge in [-0.1, -0.05) is 38.1 Å². The molecule has 0 unspecified atom stereocenters. The Hall–Kier alpha value is -3.12. The summed E-state index contributed by atoms with van der Waals surface area (Å²) < 4.78 is 0. The van der Waals surface area contributed by atoms with Gasteiger partial charge in [-0.25, -0.2) is 0 Å². The zero-order valence-corrected chi connectivity index (χ0v) is 22.1. The molecule has 3 aromatic rings. The largest absolute Gasteiger partial charge is 0.372 e. The van der Waals surface area contributed by atoms with E-state index >= 15 is 0 Å². The fraction of sp³-hybridized carbons (Fsp3) is 0.467. The van der Waals surface area contributed by atoms with E-state index in [2.05, 4.69) is 76.4 Å². The van der Waals surface area contributed by atoms with Gasteiger partial charge in [-0.2, -0.15) is 5.10 Å². The number of hydrogen-bond donors (Lipinski definition) is 2. The van der Waals surface area contributed by atoms with Gasteiger partial charge in [0.15, 0.2) is 0 Å². The molecule has 0 saturated carbocycles. The van der Waals surface area contributed by atoms with Crippen LogP contribution in [0.15, 0.2) is 54.6 Å². The molecular weight excluding hydrogens is 446 g/mol. The smallest absolute Gasteiger partial charge is 0.251 e. The summed E-state index contributed by atoms with van der Waals surface area (Å²) >= 11 is 0. The summed E-state index contributed by atoms with van der Waals surface area (Å²) in [6.07, 6.45) is 5.97.